The maximum Gasteiger partial charge on any atom is 0.490 e. The molecule has 0 fully saturated rings. The van der Waals surface area contributed by atoms with Crippen molar-refractivity contribution in [1.82, 2.24) is 9.78 Å². The summed E-state index contributed by atoms with van der Waals surface area (Å²) in [5.74, 6) is -2.56. The maximum absolute atomic E-state index is 11.4. The van der Waals surface area contributed by atoms with E-state index in [4.69, 9.17) is 20.4 Å². The van der Waals surface area contributed by atoms with E-state index in [0.717, 1.165) is 11.4 Å². The summed E-state index contributed by atoms with van der Waals surface area (Å²) in [6, 6.07) is 10.2. The molecule has 0 aliphatic carbocycles. The molecule has 10 heteroatoms. The highest BCUT2D eigenvalue weighted by molar-refractivity contribution is 5.73. The number of hydrogen-bond acceptors (Lipinski definition) is 5. The van der Waals surface area contributed by atoms with Gasteiger partial charge in [0.15, 0.2) is 0 Å². The van der Waals surface area contributed by atoms with Crippen molar-refractivity contribution in [2.75, 3.05) is 13.7 Å². The summed E-state index contributed by atoms with van der Waals surface area (Å²) >= 11 is 0. The van der Waals surface area contributed by atoms with E-state index in [1.54, 1.807) is 0 Å². The van der Waals surface area contributed by atoms with Crippen LogP contribution in [0.25, 0.3) is 5.69 Å². The largest absolute Gasteiger partial charge is 0.490 e. The zero-order valence-corrected chi connectivity index (χ0v) is 16.4. The molecule has 0 aliphatic rings. The van der Waals surface area contributed by atoms with Gasteiger partial charge in [-0.3, -0.25) is 4.79 Å². The van der Waals surface area contributed by atoms with Gasteiger partial charge in [-0.05, 0) is 36.2 Å². The molecule has 0 saturated heterocycles. The Morgan fingerprint density at radius 2 is 1.79 bits per heavy atom. The number of aromatic nitrogens is 2. The number of methoxy groups -OCH3 is 1. The fourth-order valence-electron chi connectivity index (χ4n) is 2.33. The third kappa shape index (κ3) is 7.57. The Hall–Kier alpha value is -2.88. The molecule has 160 valence electrons. The number of hydrogen-bond donors (Lipinski definition) is 2. The Balaban J connectivity index is 0.000000516. The minimum atomic E-state index is -5.08. The minimum Gasteiger partial charge on any atom is -0.475 e. The van der Waals surface area contributed by atoms with E-state index < -0.39 is 12.1 Å². The monoisotopic (exact) mass is 415 g/mol. The molecule has 0 aliphatic heterocycles. The zero-order chi connectivity index (χ0) is 22.2. The summed E-state index contributed by atoms with van der Waals surface area (Å²) < 4.78 is 38.3. The van der Waals surface area contributed by atoms with Crippen molar-refractivity contribution in [1.29, 1.82) is 0 Å². The Labute approximate surface area is 166 Å². The van der Waals surface area contributed by atoms with Crippen LogP contribution in [0.1, 0.15) is 36.7 Å². The van der Waals surface area contributed by atoms with E-state index in [1.165, 1.54) is 12.7 Å². The van der Waals surface area contributed by atoms with E-state index in [2.05, 4.69) is 31.1 Å². The van der Waals surface area contributed by atoms with Crippen LogP contribution < -0.4 is 5.73 Å². The molecule has 3 N–H and O–H groups in total. The molecule has 1 heterocycles. The van der Waals surface area contributed by atoms with Gasteiger partial charge >= 0.3 is 18.1 Å². The number of carboxylic acid groups (broad SMARTS) is 1. The van der Waals surface area contributed by atoms with Crippen LogP contribution in [0.2, 0.25) is 0 Å². The average molecular weight is 415 g/mol. The molecule has 2 rings (SSSR count). The number of ether oxygens (including phenoxy) is 1. The molecular weight excluding hydrogens is 391 g/mol. The highest BCUT2D eigenvalue weighted by Crippen LogP contribution is 2.19. The molecule has 0 radical (unpaired) electrons. The van der Waals surface area contributed by atoms with E-state index in [0.29, 0.717) is 24.6 Å². The standard InChI is InChI=1S/C17H23N3O2.C2HF3O2/c1-12(2)13-4-6-15(7-5-13)20-16(8-9-18)10-14(19-20)11-17(21)22-3;3-2(4,5)1(6)7/h4-7,10,12H,8-9,11,18H2,1-3H3;(H,6,7). The molecule has 7 nitrogen and oxygen atoms in total. The lowest BCUT2D eigenvalue weighted by molar-refractivity contribution is -0.192. The third-order valence-electron chi connectivity index (χ3n) is 3.83. The van der Waals surface area contributed by atoms with Gasteiger partial charge in [-0.15, -0.1) is 0 Å². The quantitative estimate of drug-likeness (QED) is 0.703. The summed E-state index contributed by atoms with van der Waals surface area (Å²) in [5, 5.41) is 11.6. The lowest BCUT2D eigenvalue weighted by Crippen LogP contribution is -2.21. The number of aliphatic carboxylic acids is 1. The molecule has 0 atom stereocenters. The second-order valence-corrected chi connectivity index (χ2v) is 6.38. The van der Waals surface area contributed by atoms with Gasteiger partial charge in [0.2, 0.25) is 0 Å². The van der Waals surface area contributed by atoms with Crippen LogP contribution in [-0.4, -0.2) is 46.7 Å². The smallest absolute Gasteiger partial charge is 0.475 e. The van der Waals surface area contributed by atoms with Crippen molar-refractivity contribution in [2.45, 2.75) is 38.8 Å². The van der Waals surface area contributed by atoms with E-state index in [-0.39, 0.29) is 12.4 Å². The van der Waals surface area contributed by atoms with Crippen LogP contribution in [-0.2, 0) is 27.2 Å². The molecule has 1 aromatic heterocycles. The van der Waals surface area contributed by atoms with E-state index in [9.17, 15) is 18.0 Å². The van der Waals surface area contributed by atoms with Gasteiger partial charge in [0.05, 0.1) is 24.9 Å². The number of carboxylic acids is 1. The minimum absolute atomic E-state index is 0.172. The van der Waals surface area contributed by atoms with Crippen LogP contribution in [0.5, 0.6) is 0 Å². The second-order valence-electron chi connectivity index (χ2n) is 6.38. The number of benzene rings is 1. The number of carbonyl (C=O) groups is 2. The molecule has 29 heavy (non-hydrogen) atoms. The van der Waals surface area contributed by atoms with Crippen LogP contribution >= 0.6 is 0 Å². The first-order valence-electron chi connectivity index (χ1n) is 8.74. The molecule has 0 amide bonds. The van der Waals surface area contributed by atoms with Gasteiger partial charge in [0.25, 0.3) is 0 Å². The second kappa shape index (κ2) is 10.6. The fourth-order valence-corrected chi connectivity index (χ4v) is 2.33. The van der Waals surface area contributed by atoms with Gasteiger partial charge in [0, 0.05) is 12.1 Å². The van der Waals surface area contributed by atoms with Crippen molar-refractivity contribution in [3.8, 4) is 5.69 Å². The Morgan fingerprint density at radius 1 is 1.24 bits per heavy atom. The fraction of sp³-hybridized carbons (Fsp3) is 0.421. The van der Waals surface area contributed by atoms with E-state index in [1.807, 2.05) is 22.9 Å². The van der Waals surface area contributed by atoms with Gasteiger partial charge in [-0.25, -0.2) is 9.48 Å². The van der Waals surface area contributed by atoms with Crippen molar-refractivity contribution in [3.05, 3.63) is 47.3 Å². The van der Waals surface area contributed by atoms with Gasteiger partial charge in [-0.2, -0.15) is 18.3 Å². The number of halogens is 3. The molecule has 0 bridgehead atoms. The van der Waals surface area contributed by atoms with Gasteiger partial charge in [0.1, 0.15) is 0 Å². The number of alkyl halides is 3. The number of carbonyl (C=O) groups excluding carboxylic acids is 1. The van der Waals surface area contributed by atoms with Gasteiger partial charge in [-0.1, -0.05) is 26.0 Å². The van der Waals surface area contributed by atoms with Crippen molar-refractivity contribution < 1.29 is 32.6 Å². The zero-order valence-electron chi connectivity index (χ0n) is 16.4. The summed E-state index contributed by atoms with van der Waals surface area (Å²) in [4.78, 5) is 20.3. The molecule has 0 saturated carbocycles. The predicted molar refractivity (Wildman–Crippen MR) is 99.8 cm³/mol. The van der Waals surface area contributed by atoms with Crippen molar-refractivity contribution in [2.24, 2.45) is 5.73 Å². The third-order valence-corrected chi connectivity index (χ3v) is 3.83. The summed E-state index contributed by atoms with van der Waals surface area (Å²) in [6.07, 6.45) is -4.20. The van der Waals surface area contributed by atoms with Crippen LogP contribution in [0.15, 0.2) is 30.3 Å². The molecule has 1 aromatic carbocycles. The Kier molecular flexibility index (Phi) is 8.84. The van der Waals surface area contributed by atoms with Gasteiger partial charge < -0.3 is 15.6 Å². The maximum atomic E-state index is 11.4. The van der Waals surface area contributed by atoms with E-state index >= 15 is 0 Å². The molecule has 0 spiro atoms. The average Bonchev–Trinajstić information content (AvgIpc) is 3.04. The van der Waals surface area contributed by atoms with Crippen LogP contribution in [0, 0.1) is 0 Å². The summed E-state index contributed by atoms with van der Waals surface area (Å²) in [5.41, 5.74) is 9.63. The van der Waals surface area contributed by atoms with Crippen LogP contribution in [0.3, 0.4) is 0 Å². The highest BCUT2D eigenvalue weighted by Gasteiger charge is 2.38. The molecular formula is C19H24F3N3O4. The molecule has 0 unspecified atom stereocenters. The lowest BCUT2D eigenvalue weighted by atomic mass is 10.0. The Bertz CT molecular complexity index is 815. The highest BCUT2D eigenvalue weighted by atomic mass is 19.4. The summed E-state index contributed by atoms with van der Waals surface area (Å²) in [7, 11) is 1.38. The summed E-state index contributed by atoms with van der Waals surface area (Å²) in [6.45, 7) is 4.86. The van der Waals surface area contributed by atoms with Crippen molar-refractivity contribution in [3.63, 3.8) is 0 Å². The normalized spacial score (nSPS) is 11.0. The number of rotatable bonds is 6. The predicted octanol–water partition coefficient (Wildman–Crippen LogP) is 2.85. The number of nitrogens with two attached hydrogens (primary N) is 1. The molecule has 2 aromatic rings. The number of esters is 1. The lowest BCUT2D eigenvalue weighted by Gasteiger charge is -2.09. The van der Waals surface area contributed by atoms with Crippen LogP contribution in [0.4, 0.5) is 13.2 Å². The SMILES string of the molecule is COC(=O)Cc1cc(CCN)n(-c2ccc(C(C)C)cc2)n1.O=C(O)C(F)(F)F. The Morgan fingerprint density at radius 3 is 2.21 bits per heavy atom. The first-order chi connectivity index (χ1) is 13.5. The topological polar surface area (TPSA) is 107 Å². The number of nitrogens with zero attached hydrogens (tertiary/aromatic N) is 2. The first kappa shape index (κ1) is 24.2. The van der Waals surface area contributed by atoms with Crippen molar-refractivity contribution >= 4 is 11.9 Å². The first-order valence-corrected chi connectivity index (χ1v) is 8.74.